The van der Waals surface area contributed by atoms with Crippen LogP contribution in [0.1, 0.15) is 50.5 Å². The number of hydrogen-bond acceptors (Lipinski definition) is 9. The zero-order chi connectivity index (χ0) is 34.0. The predicted octanol–water partition coefficient (Wildman–Crippen LogP) is 5.56. The summed E-state index contributed by atoms with van der Waals surface area (Å²) in [4.78, 5) is 31.3. The summed E-state index contributed by atoms with van der Waals surface area (Å²) in [5.41, 5.74) is 0.647. The molecule has 0 bridgehead atoms. The maximum Gasteiger partial charge on any atom is 0.318 e. The van der Waals surface area contributed by atoms with Crippen molar-refractivity contribution in [2.75, 3.05) is 57.9 Å². The van der Waals surface area contributed by atoms with E-state index in [9.17, 15) is 18.7 Å². The van der Waals surface area contributed by atoms with Crippen LogP contribution in [0.15, 0.2) is 30.7 Å². The van der Waals surface area contributed by atoms with Gasteiger partial charge in [0.05, 0.1) is 25.7 Å². The van der Waals surface area contributed by atoms with E-state index in [1.165, 1.54) is 43.2 Å². The van der Waals surface area contributed by atoms with Crippen LogP contribution in [0.25, 0.3) is 22.2 Å². The summed E-state index contributed by atoms with van der Waals surface area (Å²) in [5.74, 6) is -2.04. The second kappa shape index (κ2) is 12.3. The number of carbonyl (C=O) groups excluding carboxylic acids is 1. The van der Waals surface area contributed by atoms with E-state index in [1.54, 1.807) is 0 Å². The molecule has 5 aliphatic rings. The average molecular weight is 687 g/mol. The van der Waals surface area contributed by atoms with E-state index in [1.807, 2.05) is 4.90 Å². The summed E-state index contributed by atoms with van der Waals surface area (Å²) in [6.07, 6.45) is 6.02. The Bertz CT molecular complexity index is 1790. The second-order valence-corrected chi connectivity index (χ2v) is 14.1. The molecule has 2 atom stereocenters. The third kappa shape index (κ3) is 5.73. The number of carbonyl (C=O) groups is 1. The first-order valence-corrected chi connectivity index (χ1v) is 16.6. The Balaban J connectivity index is 0.000000310. The van der Waals surface area contributed by atoms with E-state index in [0.717, 1.165) is 31.4 Å². The summed E-state index contributed by atoms with van der Waals surface area (Å²) < 4.78 is 53.4. The Labute approximate surface area is 281 Å². The molecule has 2 unspecified atom stereocenters. The van der Waals surface area contributed by atoms with Gasteiger partial charge in [-0.05, 0) is 69.2 Å². The maximum atomic E-state index is 16.2. The van der Waals surface area contributed by atoms with Crippen LogP contribution in [0.3, 0.4) is 0 Å². The molecule has 5 fully saturated rings. The molecule has 1 saturated carbocycles. The van der Waals surface area contributed by atoms with Crippen LogP contribution in [0.2, 0.25) is 5.02 Å². The number of hydrogen-bond donors (Lipinski definition) is 1. The Morgan fingerprint density at radius 1 is 1.21 bits per heavy atom. The van der Waals surface area contributed by atoms with Crippen molar-refractivity contribution < 1.29 is 32.5 Å². The molecule has 14 heteroatoms. The normalized spacial score (nSPS) is 24.7. The molecule has 4 saturated heterocycles. The first kappa shape index (κ1) is 32.8. The number of halogens is 4. The van der Waals surface area contributed by atoms with Crippen LogP contribution in [-0.2, 0) is 9.53 Å². The fourth-order valence-electron chi connectivity index (χ4n) is 7.74. The maximum absolute atomic E-state index is 16.2. The number of phenolic OH excluding ortho intramolecular Hbond substituents is 1. The zero-order valence-electron chi connectivity index (χ0n) is 26.9. The molecule has 1 amide bonds. The average Bonchev–Trinajstić information content (AvgIpc) is 3.74. The molecule has 1 aromatic carbocycles. The number of fused-ring (bicyclic) bond motifs is 2. The first-order valence-electron chi connectivity index (χ1n) is 16.2. The van der Waals surface area contributed by atoms with Crippen molar-refractivity contribution in [2.45, 2.75) is 62.2 Å². The second-order valence-electron chi connectivity index (χ2n) is 13.7. The molecule has 1 spiro atoms. The molecule has 6 heterocycles. The van der Waals surface area contributed by atoms with E-state index in [0.29, 0.717) is 34.9 Å². The molecule has 256 valence electrons. The lowest BCUT2D eigenvalue weighted by molar-refractivity contribution is -0.167. The summed E-state index contributed by atoms with van der Waals surface area (Å²) in [6.45, 7) is 8.37. The highest BCUT2D eigenvalue weighted by Gasteiger charge is 2.51. The minimum absolute atomic E-state index is 0.00684. The Hall–Kier alpha value is -3.68. The largest absolute Gasteiger partial charge is 0.508 e. The molecule has 8 rings (SSSR count). The number of piperazine rings is 1. The number of methoxy groups -OCH3 is 1. The van der Waals surface area contributed by atoms with Crippen molar-refractivity contribution in [3.05, 3.63) is 47.1 Å². The Morgan fingerprint density at radius 2 is 1.98 bits per heavy atom. The number of aromatic hydroxyl groups is 1. The molecule has 10 nitrogen and oxygen atoms in total. The number of nitrogens with zero attached hydrogens (tertiary/aromatic N) is 6. The van der Waals surface area contributed by atoms with Crippen LogP contribution in [0, 0.1) is 5.82 Å². The summed E-state index contributed by atoms with van der Waals surface area (Å²) in [7, 11) is 1.38. The van der Waals surface area contributed by atoms with Crippen molar-refractivity contribution in [3.63, 3.8) is 0 Å². The highest BCUT2D eigenvalue weighted by Crippen LogP contribution is 2.49. The number of benzene rings is 1. The summed E-state index contributed by atoms with van der Waals surface area (Å²) in [5, 5.41) is 10.9. The fourth-order valence-corrected chi connectivity index (χ4v) is 8.11. The molecule has 3 aromatic rings. The number of aromatic nitrogens is 3. The van der Waals surface area contributed by atoms with Crippen molar-refractivity contribution >= 4 is 34.2 Å². The highest BCUT2D eigenvalue weighted by molar-refractivity contribution is 6.32. The Kier molecular flexibility index (Phi) is 8.44. The molecule has 2 aromatic heterocycles. The van der Waals surface area contributed by atoms with Gasteiger partial charge in [0, 0.05) is 48.5 Å². The lowest BCUT2D eigenvalue weighted by Crippen LogP contribution is -2.73. The summed E-state index contributed by atoms with van der Waals surface area (Å²) >= 11 is 6.43. The van der Waals surface area contributed by atoms with Crippen LogP contribution >= 0.6 is 11.6 Å². The van der Waals surface area contributed by atoms with E-state index in [-0.39, 0.29) is 60.7 Å². The number of phenols is 1. The molecule has 1 N–H and O–H groups in total. The minimum Gasteiger partial charge on any atom is -0.508 e. The number of alkyl halides is 1. The third-order valence-corrected chi connectivity index (χ3v) is 10.6. The van der Waals surface area contributed by atoms with E-state index < -0.39 is 29.3 Å². The molecule has 4 aliphatic heterocycles. The van der Waals surface area contributed by atoms with Gasteiger partial charge in [0.2, 0.25) is 0 Å². The number of ether oxygens (including phenoxy) is 2. The van der Waals surface area contributed by atoms with Crippen molar-refractivity contribution in [1.29, 1.82) is 0 Å². The first-order chi connectivity index (χ1) is 22.9. The Morgan fingerprint density at radius 3 is 2.62 bits per heavy atom. The van der Waals surface area contributed by atoms with Gasteiger partial charge >= 0.3 is 6.01 Å². The van der Waals surface area contributed by atoms with E-state index in [2.05, 4.69) is 33.4 Å². The SMILES string of the molecule is C=C(F)C(=O)N1CCN(c2nc(OC)nc3c(F)c(-c4cc(O)cc(Cl)c4C4CC4)ncc23)CC12COC2.CC12CCCN1CC(F)C2. The molecule has 0 radical (unpaired) electrons. The van der Waals surface area contributed by atoms with Gasteiger partial charge < -0.3 is 24.4 Å². The number of rotatable bonds is 5. The molecular formula is C34H38ClF3N6O4. The standard InChI is InChI=1S/C26H24ClF2N5O4.C8H14FN/c1-13(28)24(36)34-6-5-33(10-26(34)11-38-12-26)23-17-9-30-21(20(29)22(17)31-25(32-23)37-2)16-7-15(35)8-18(27)19(16)14-3-4-14;1-8-3-2-4-10(8)6-7(9)5-8/h7-9,14,35H,1,3-6,10-12H2,2H3;7H,2-6H2,1H3. The highest BCUT2D eigenvalue weighted by atomic mass is 35.5. The smallest absolute Gasteiger partial charge is 0.318 e. The molecular weight excluding hydrogens is 649 g/mol. The third-order valence-electron chi connectivity index (χ3n) is 10.3. The van der Waals surface area contributed by atoms with Gasteiger partial charge in [0.1, 0.15) is 34.5 Å². The lowest BCUT2D eigenvalue weighted by Gasteiger charge is -2.55. The van der Waals surface area contributed by atoms with Crippen LogP contribution in [-0.4, -0.2) is 106 Å². The van der Waals surface area contributed by atoms with Gasteiger partial charge in [0.25, 0.3) is 5.91 Å². The quantitative estimate of drug-likeness (QED) is 0.346. The van der Waals surface area contributed by atoms with Crippen LogP contribution < -0.4 is 9.64 Å². The summed E-state index contributed by atoms with van der Waals surface area (Å²) in [6, 6.07) is 2.86. The van der Waals surface area contributed by atoms with Gasteiger partial charge in [-0.25, -0.2) is 13.2 Å². The van der Waals surface area contributed by atoms with Gasteiger partial charge in [-0.1, -0.05) is 18.2 Å². The number of anilines is 1. The van der Waals surface area contributed by atoms with Gasteiger partial charge in [0.15, 0.2) is 11.6 Å². The van der Waals surface area contributed by atoms with Gasteiger partial charge in [-0.15, -0.1) is 0 Å². The van der Waals surface area contributed by atoms with Gasteiger partial charge in [-0.3, -0.25) is 14.7 Å². The van der Waals surface area contributed by atoms with Crippen molar-refractivity contribution in [2.24, 2.45) is 0 Å². The zero-order valence-corrected chi connectivity index (χ0v) is 27.7. The molecule has 48 heavy (non-hydrogen) atoms. The van der Waals surface area contributed by atoms with E-state index in [4.69, 9.17) is 21.1 Å². The van der Waals surface area contributed by atoms with Gasteiger partial charge in [-0.2, -0.15) is 9.97 Å². The monoisotopic (exact) mass is 686 g/mol. The fraction of sp³-hybridized carbons (Fsp3) is 0.529. The van der Waals surface area contributed by atoms with Crippen LogP contribution in [0.4, 0.5) is 19.0 Å². The van der Waals surface area contributed by atoms with Crippen molar-refractivity contribution in [3.8, 4) is 23.0 Å². The van der Waals surface area contributed by atoms with Crippen molar-refractivity contribution in [1.82, 2.24) is 24.8 Å². The number of pyridine rings is 1. The lowest BCUT2D eigenvalue weighted by atomic mass is 9.91. The molecule has 1 aliphatic carbocycles. The van der Waals surface area contributed by atoms with E-state index >= 15 is 4.39 Å². The number of amides is 1. The predicted molar refractivity (Wildman–Crippen MR) is 174 cm³/mol. The minimum atomic E-state index is -1.03. The topological polar surface area (TPSA) is 104 Å². The van der Waals surface area contributed by atoms with Crippen LogP contribution in [0.5, 0.6) is 11.8 Å².